The van der Waals surface area contributed by atoms with Crippen molar-refractivity contribution in [3.05, 3.63) is 22.4 Å². The molecule has 2 rings (SSSR count). The molecule has 5 nitrogen and oxygen atoms in total. The van der Waals surface area contributed by atoms with Crippen LogP contribution in [-0.2, 0) is 16.1 Å². The average Bonchev–Trinajstić information content (AvgIpc) is 3.08. The maximum absolute atomic E-state index is 11.9. The highest BCUT2D eigenvalue weighted by molar-refractivity contribution is 7.09. The van der Waals surface area contributed by atoms with E-state index in [1.165, 1.54) is 0 Å². The first kappa shape index (κ1) is 15.0. The van der Waals surface area contributed by atoms with Crippen molar-refractivity contribution < 1.29 is 14.7 Å². The molecule has 1 aromatic rings. The predicted molar refractivity (Wildman–Crippen MR) is 77.6 cm³/mol. The average molecular weight is 296 g/mol. The third-order valence-electron chi connectivity index (χ3n) is 3.57. The summed E-state index contributed by atoms with van der Waals surface area (Å²) < 4.78 is 0. The minimum Gasteiger partial charge on any atom is -0.480 e. The van der Waals surface area contributed by atoms with E-state index < -0.39 is 5.97 Å². The molecule has 1 aliphatic carbocycles. The Morgan fingerprint density at radius 1 is 1.35 bits per heavy atom. The monoisotopic (exact) mass is 296 g/mol. The van der Waals surface area contributed by atoms with Crippen LogP contribution in [0.3, 0.4) is 0 Å². The van der Waals surface area contributed by atoms with Gasteiger partial charge in [-0.1, -0.05) is 18.9 Å². The molecule has 0 saturated heterocycles. The fourth-order valence-electron chi connectivity index (χ4n) is 2.60. The molecule has 1 aromatic heterocycles. The Kier molecular flexibility index (Phi) is 5.55. The summed E-state index contributed by atoms with van der Waals surface area (Å²) in [7, 11) is 0. The van der Waals surface area contributed by atoms with Gasteiger partial charge in [0, 0.05) is 10.9 Å². The summed E-state index contributed by atoms with van der Waals surface area (Å²) in [5.74, 6) is -0.977. The largest absolute Gasteiger partial charge is 0.480 e. The third kappa shape index (κ3) is 4.61. The lowest BCUT2D eigenvalue weighted by molar-refractivity contribution is -0.139. The molecule has 1 saturated carbocycles. The van der Waals surface area contributed by atoms with E-state index in [4.69, 9.17) is 5.11 Å². The van der Waals surface area contributed by atoms with Crippen molar-refractivity contribution in [2.45, 2.75) is 38.3 Å². The van der Waals surface area contributed by atoms with Gasteiger partial charge in [-0.2, -0.15) is 0 Å². The minimum atomic E-state index is -0.872. The second-order valence-electron chi connectivity index (χ2n) is 5.09. The molecule has 0 radical (unpaired) electrons. The summed E-state index contributed by atoms with van der Waals surface area (Å²) in [6, 6.07) is 4.15. The molecule has 110 valence electrons. The maximum Gasteiger partial charge on any atom is 0.317 e. The van der Waals surface area contributed by atoms with E-state index in [0.29, 0.717) is 6.54 Å². The molecule has 1 aliphatic rings. The Hall–Kier alpha value is -1.40. The van der Waals surface area contributed by atoms with E-state index in [2.05, 4.69) is 5.32 Å². The fourth-order valence-corrected chi connectivity index (χ4v) is 3.24. The number of rotatable bonds is 7. The van der Waals surface area contributed by atoms with E-state index in [1.54, 1.807) is 16.2 Å². The van der Waals surface area contributed by atoms with Crippen molar-refractivity contribution in [3.63, 3.8) is 0 Å². The molecule has 2 N–H and O–H groups in total. The molecule has 0 atom stereocenters. The van der Waals surface area contributed by atoms with Gasteiger partial charge < -0.3 is 10.4 Å². The molecular formula is C14H20N2O3S. The lowest BCUT2D eigenvalue weighted by Gasteiger charge is -2.26. The highest BCUT2D eigenvalue weighted by atomic mass is 32.1. The predicted octanol–water partition coefficient (Wildman–Crippen LogP) is 1.69. The van der Waals surface area contributed by atoms with Crippen molar-refractivity contribution in [2.75, 3.05) is 13.1 Å². The number of nitrogens with one attached hydrogen (secondary N) is 1. The molecular weight excluding hydrogens is 276 g/mol. The second kappa shape index (κ2) is 7.40. The molecule has 1 fully saturated rings. The van der Waals surface area contributed by atoms with Gasteiger partial charge in [0.15, 0.2) is 0 Å². The lowest BCUT2D eigenvalue weighted by atomic mass is 10.2. The number of nitrogens with zero attached hydrogens (tertiary/aromatic N) is 1. The van der Waals surface area contributed by atoms with Gasteiger partial charge >= 0.3 is 5.97 Å². The molecule has 0 aliphatic heterocycles. The summed E-state index contributed by atoms with van der Waals surface area (Å²) >= 11 is 1.60. The fraction of sp³-hybridized carbons (Fsp3) is 0.571. The van der Waals surface area contributed by atoms with Gasteiger partial charge in [0.1, 0.15) is 0 Å². The molecule has 0 aromatic carbocycles. The van der Waals surface area contributed by atoms with Gasteiger partial charge in [-0.25, -0.2) is 0 Å². The number of carbonyl (C=O) groups is 2. The summed E-state index contributed by atoms with van der Waals surface area (Å²) in [5.41, 5.74) is 0. The highest BCUT2D eigenvalue weighted by Crippen LogP contribution is 2.23. The Balaban J connectivity index is 1.82. The number of carboxylic acid groups (broad SMARTS) is 1. The topological polar surface area (TPSA) is 69.6 Å². The van der Waals surface area contributed by atoms with E-state index in [0.717, 1.165) is 30.6 Å². The van der Waals surface area contributed by atoms with Crippen LogP contribution in [0.25, 0.3) is 0 Å². The molecule has 1 amide bonds. The smallest absolute Gasteiger partial charge is 0.317 e. The van der Waals surface area contributed by atoms with Crippen LogP contribution in [0.15, 0.2) is 17.5 Å². The first-order valence-corrected chi connectivity index (χ1v) is 7.78. The van der Waals surface area contributed by atoms with Crippen molar-refractivity contribution in [3.8, 4) is 0 Å². The van der Waals surface area contributed by atoms with Crippen LogP contribution in [0.1, 0.15) is 30.6 Å². The zero-order valence-corrected chi connectivity index (χ0v) is 12.2. The van der Waals surface area contributed by atoms with Gasteiger partial charge in [-0.05, 0) is 24.3 Å². The van der Waals surface area contributed by atoms with E-state index in [9.17, 15) is 9.59 Å². The molecule has 1 heterocycles. The number of carbonyl (C=O) groups excluding carboxylic acids is 1. The normalized spacial score (nSPS) is 15.7. The SMILES string of the molecule is O=C(O)CN(CC(=O)NCc1cccs1)C1CCCC1. The van der Waals surface area contributed by atoms with Crippen LogP contribution < -0.4 is 5.32 Å². The standard InChI is InChI=1S/C14H20N2O3S/c17-13(15-8-12-6-3-7-20-12)9-16(10-14(18)19)11-4-1-2-5-11/h3,6-7,11H,1-2,4-5,8-10H2,(H,15,17)(H,18,19). The van der Waals surface area contributed by atoms with E-state index >= 15 is 0 Å². The van der Waals surface area contributed by atoms with Crippen LogP contribution in [0, 0.1) is 0 Å². The highest BCUT2D eigenvalue weighted by Gasteiger charge is 2.25. The second-order valence-corrected chi connectivity index (χ2v) is 6.13. The van der Waals surface area contributed by atoms with Gasteiger partial charge in [-0.15, -0.1) is 11.3 Å². The number of hydrogen-bond acceptors (Lipinski definition) is 4. The van der Waals surface area contributed by atoms with Gasteiger partial charge in [0.05, 0.1) is 19.6 Å². The Morgan fingerprint density at radius 3 is 2.70 bits per heavy atom. The number of thiophene rings is 1. The number of carboxylic acids is 1. The van der Waals surface area contributed by atoms with Crippen LogP contribution in [0.5, 0.6) is 0 Å². The third-order valence-corrected chi connectivity index (χ3v) is 4.44. The zero-order valence-electron chi connectivity index (χ0n) is 11.4. The lowest BCUT2D eigenvalue weighted by Crippen LogP contribution is -2.44. The summed E-state index contributed by atoms with van der Waals surface area (Å²) in [4.78, 5) is 25.8. The molecule has 6 heteroatoms. The number of amides is 1. The van der Waals surface area contributed by atoms with Crippen molar-refractivity contribution >= 4 is 23.2 Å². The minimum absolute atomic E-state index is 0.0584. The quantitative estimate of drug-likeness (QED) is 0.803. The molecule has 0 bridgehead atoms. The van der Waals surface area contributed by atoms with Crippen LogP contribution in [0.2, 0.25) is 0 Å². The Morgan fingerprint density at radius 2 is 2.10 bits per heavy atom. The zero-order chi connectivity index (χ0) is 14.4. The first-order chi connectivity index (χ1) is 9.65. The Labute approximate surface area is 122 Å². The Bertz CT molecular complexity index is 441. The van der Waals surface area contributed by atoms with Crippen LogP contribution in [0.4, 0.5) is 0 Å². The van der Waals surface area contributed by atoms with E-state index in [1.807, 2.05) is 17.5 Å². The van der Waals surface area contributed by atoms with Gasteiger partial charge in [0.25, 0.3) is 0 Å². The molecule has 0 spiro atoms. The first-order valence-electron chi connectivity index (χ1n) is 6.90. The van der Waals surface area contributed by atoms with Gasteiger partial charge in [0.2, 0.25) is 5.91 Å². The maximum atomic E-state index is 11.9. The summed E-state index contributed by atoms with van der Waals surface area (Å²) in [6.07, 6.45) is 4.23. The summed E-state index contributed by atoms with van der Waals surface area (Å²) in [6.45, 7) is 0.626. The molecule has 20 heavy (non-hydrogen) atoms. The molecule has 0 unspecified atom stereocenters. The number of aliphatic carboxylic acids is 1. The number of hydrogen-bond donors (Lipinski definition) is 2. The van der Waals surface area contributed by atoms with E-state index in [-0.39, 0.29) is 25.0 Å². The van der Waals surface area contributed by atoms with Crippen molar-refractivity contribution in [1.29, 1.82) is 0 Å². The van der Waals surface area contributed by atoms with Crippen LogP contribution >= 0.6 is 11.3 Å². The van der Waals surface area contributed by atoms with Crippen molar-refractivity contribution in [2.24, 2.45) is 0 Å². The van der Waals surface area contributed by atoms with Crippen molar-refractivity contribution in [1.82, 2.24) is 10.2 Å². The van der Waals surface area contributed by atoms with Gasteiger partial charge in [-0.3, -0.25) is 14.5 Å². The van der Waals surface area contributed by atoms with Crippen LogP contribution in [-0.4, -0.2) is 41.0 Å². The summed E-state index contributed by atoms with van der Waals surface area (Å²) in [5, 5.41) is 13.8.